The second-order valence-electron chi connectivity index (χ2n) is 5.31. The standard InChI is InChI=1S/C16H19N5O/c1-11-18-15(14-9-17-21(3)16(14)19-11)20(2)10-12-6-5-7-13(8-12)22-4/h5-9H,10H2,1-4H3. The number of nitrogens with zero attached hydrogens (tertiary/aromatic N) is 5. The van der Waals surface area contributed by atoms with Gasteiger partial charge in [-0.05, 0) is 24.6 Å². The van der Waals surface area contributed by atoms with Crippen molar-refractivity contribution in [1.29, 1.82) is 0 Å². The van der Waals surface area contributed by atoms with Crippen LogP contribution in [0.2, 0.25) is 0 Å². The Kier molecular flexibility index (Phi) is 3.66. The molecule has 2 heterocycles. The highest BCUT2D eigenvalue weighted by Gasteiger charge is 2.14. The van der Waals surface area contributed by atoms with E-state index < -0.39 is 0 Å². The Morgan fingerprint density at radius 3 is 2.86 bits per heavy atom. The predicted molar refractivity (Wildman–Crippen MR) is 86.1 cm³/mol. The van der Waals surface area contributed by atoms with Crippen molar-refractivity contribution in [3.05, 3.63) is 41.9 Å². The van der Waals surface area contributed by atoms with Crippen LogP contribution in [0.4, 0.5) is 5.82 Å². The minimum Gasteiger partial charge on any atom is -0.497 e. The van der Waals surface area contributed by atoms with Gasteiger partial charge >= 0.3 is 0 Å². The molecule has 0 amide bonds. The maximum Gasteiger partial charge on any atom is 0.163 e. The zero-order chi connectivity index (χ0) is 15.7. The Balaban J connectivity index is 1.96. The number of benzene rings is 1. The molecular weight excluding hydrogens is 278 g/mol. The number of rotatable bonds is 4. The molecule has 0 spiro atoms. The fraction of sp³-hybridized carbons (Fsp3) is 0.312. The van der Waals surface area contributed by atoms with Crippen LogP contribution < -0.4 is 9.64 Å². The maximum absolute atomic E-state index is 5.28. The van der Waals surface area contributed by atoms with E-state index in [1.54, 1.807) is 11.8 Å². The third-order valence-electron chi connectivity index (χ3n) is 3.60. The fourth-order valence-corrected chi connectivity index (χ4v) is 2.52. The number of ether oxygens (including phenoxy) is 1. The van der Waals surface area contributed by atoms with Crippen LogP contribution in [0.3, 0.4) is 0 Å². The highest BCUT2D eigenvalue weighted by atomic mass is 16.5. The molecule has 6 heteroatoms. The second-order valence-corrected chi connectivity index (χ2v) is 5.31. The van der Waals surface area contributed by atoms with Crippen molar-refractivity contribution in [2.45, 2.75) is 13.5 Å². The summed E-state index contributed by atoms with van der Waals surface area (Å²) in [5.41, 5.74) is 2.01. The molecule has 3 rings (SSSR count). The van der Waals surface area contributed by atoms with Gasteiger partial charge in [-0.2, -0.15) is 5.10 Å². The first kappa shape index (κ1) is 14.3. The van der Waals surface area contributed by atoms with Crippen LogP contribution in [0, 0.1) is 6.92 Å². The summed E-state index contributed by atoms with van der Waals surface area (Å²) in [6.45, 7) is 2.63. The zero-order valence-electron chi connectivity index (χ0n) is 13.2. The number of aryl methyl sites for hydroxylation is 2. The first-order chi connectivity index (χ1) is 10.6. The van der Waals surface area contributed by atoms with E-state index in [1.165, 1.54) is 0 Å². The van der Waals surface area contributed by atoms with E-state index in [0.29, 0.717) is 0 Å². The van der Waals surface area contributed by atoms with Crippen molar-refractivity contribution in [2.24, 2.45) is 7.05 Å². The number of aromatic nitrogens is 4. The molecule has 22 heavy (non-hydrogen) atoms. The SMILES string of the molecule is COc1cccc(CN(C)c2nc(C)nc3c2cnn3C)c1. The van der Waals surface area contributed by atoms with Gasteiger partial charge in [0.15, 0.2) is 5.65 Å². The molecule has 114 valence electrons. The first-order valence-electron chi connectivity index (χ1n) is 7.09. The Hall–Kier alpha value is -2.63. The van der Waals surface area contributed by atoms with Crippen molar-refractivity contribution >= 4 is 16.9 Å². The van der Waals surface area contributed by atoms with Gasteiger partial charge in [0.25, 0.3) is 0 Å². The fourth-order valence-electron chi connectivity index (χ4n) is 2.52. The molecular formula is C16H19N5O. The van der Waals surface area contributed by atoms with Crippen LogP contribution in [-0.2, 0) is 13.6 Å². The molecule has 3 aromatic rings. The summed E-state index contributed by atoms with van der Waals surface area (Å²) in [5.74, 6) is 2.48. The third kappa shape index (κ3) is 2.59. The van der Waals surface area contributed by atoms with Gasteiger partial charge in [-0.3, -0.25) is 4.68 Å². The first-order valence-corrected chi connectivity index (χ1v) is 7.09. The summed E-state index contributed by atoms with van der Waals surface area (Å²) in [4.78, 5) is 11.1. The Bertz CT molecular complexity index is 811. The molecule has 0 bridgehead atoms. The summed E-state index contributed by atoms with van der Waals surface area (Å²) in [5, 5.41) is 5.24. The van der Waals surface area contributed by atoms with Crippen molar-refractivity contribution in [1.82, 2.24) is 19.7 Å². The van der Waals surface area contributed by atoms with Crippen LogP contribution >= 0.6 is 0 Å². The van der Waals surface area contributed by atoms with Crippen LogP contribution in [-0.4, -0.2) is 33.9 Å². The average Bonchev–Trinajstić information content (AvgIpc) is 2.88. The van der Waals surface area contributed by atoms with Gasteiger partial charge in [0.1, 0.15) is 17.4 Å². The van der Waals surface area contributed by atoms with E-state index >= 15 is 0 Å². The molecule has 0 aliphatic carbocycles. The van der Waals surface area contributed by atoms with Crippen molar-refractivity contribution in [3.8, 4) is 5.75 Å². The van der Waals surface area contributed by atoms with E-state index in [1.807, 2.05) is 45.4 Å². The summed E-state index contributed by atoms with van der Waals surface area (Å²) in [6, 6.07) is 8.04. The smallest absolute Gasteiger partial charge is 0.163 e. The monoisotopic (exact) mass is 297 g/mol. The quantitative estimate of drug-likeness (QED) is 0.739. The molecule has 0 radical (unpaired) electrons. The lowest BCUT2D eigenvalue weighted by Crippen LogP contribution is -2.18. The molecule has 0 aliphatic rings. The molecule has 0 aliphatic heterocycles. The van der Waals surface area contributed by atoms with Gasteiger partial charge < -0.3 is 9.64 Å². The summed E-state index contributed by atoms with van der Waals surface area (Å²) in [6.07, 6.45) is 1.81. The molecule has 2 aromatic heterocycles. The molecule has 0 atom stereocenters. The van der Waals surface area contributed by atoms with E-state index in [9.17, 15) is 0 Å². The topological polar surface area (TPSA) is 56.1 Å². The number of hydrogen-bond donors (Lipinski definition) is 0. The number of anilines is 1. The predicted octanol–water partition coefficient (Wildman–Crippen LogP) is 2.32. The molecule has 6 nitrogen and oxygen atoms in total. The highest BCUT2D eigenvalue weighted by molar-refractivity contribution is 5.86. The minimum absolute atomic E-state index is 0.734. The largest absolute Gasteiger partial charge is 0.497 e. The lowest BCUT2D eigenvalue weighted by molar-refractivity contribution is 0.414. The molecule has 0 fully saturated rings. The van der Waals surface area contributed by atoms with Gasteiger partial charge in [0.2, 0.25) is 0 Å². The second kappa shape index (κ2) is 5.63. The van der Waals surface area contributed by atoms with Gasteiger partial charge in [-0.25, -0.2) is 9.97 Å². The normalized spacial score (nSPS) is 10.9. The van der Waals surface area contributed by atoms with Crippen molar-refractivity contribution in [2.75, 3.05) is 19.1 Å². The Morgan fingerprint density at radius 2 is 2.09 bits per heavy atom. The summed E-state index contributed by atoms with van der Waals surface area (Å²) in [7, 11) is 5.59. The van der Waals surface area contributed by atoms with E-state index in [2.05, 4.69) is 26.0 Å². The van der Waals surface area contributed by atoms with Gasteiger partial charge in [0.05, 0.1) is 18.7 Å². The van der Waals surface area contributed by atoms with Crippen LogP contribution in [0.5, 0.6) is 5.75 Å². The molecule has 0 unspecified atom stereocenters. The lowest BCUT2D eigenvalue weighted by atomic mass is 10.2. The third-order valence-corrected chi connectivity index (χ3v) is 3.60. The number of methoxy groups -OCH3 is 1. The van der Waals surface area contributed by atoms with Gasteiger partial charge in [-0.1, -0.05) is 12.1 Å². The Morgan fingerprint density at radius 1 is 1.27 bits per heavy atom. The van der Waals surface area contributed by atoms with E-state index in [4.69, 9.17) is 4.74 Å². The maximum atomic E-state index is 5.28. The van der Waals surface area contributed by atoms with Crippen molar-refractivity contribution < 1.29 is 4.74 Å². The van der Waals surface area contributed by atoms with Gasteiger partial charge in [-0.15, -0.1) is 0 Å². The van der Waals surface area contributed by atoms with Crippen LogP contribution in [0.25, 0.3) is 11.0 Å². The molecule has 0 saturated carbocycles. The van der Waals surface area contributed by atoms with E-state index in [0.717, 1.165) is 40.5 Å². The molecule has 1 aromatic carbocycles. The minimum atomic E-state index is 0.734. The van der Waals surface area contributed by atoms with Crippen LogP contribution in [0.15, 0.2) is 30.5 Å². The van der Waals surface area contributed by atoms with Crippen LogP contribution in [0.1, 0.15) is 11.4 Å². The van der Waals surface area contributed by atoms with Gasteiger partial charge in [0, 0.05) is 20.6 Å². The Labute approximate surface area is 129 Å². The number of hydrogen-bond acceptors (Lipinski definition) is 5. The zero-order valence-corrected chi connectivity index (χ0v) is 13.2. The highest BCUT2D eigenvalue weighted by Crippen LogP contribution is 2.24. The summed E-state index contributed by atoms with van der Waals surface area (Å²) < 4.78 is 7.05. The van der Waals surface area contributed by atoms with Crippen molar-refractivity contribution in [3.63, 3.8) is 0 Å². The number of fused-ring (bicyclic) bond motifs is 1. The average molecular weight is 297 g/mol. The van der Waals surface area contributed by atoms with E-state index in [-0.39, 0.29) is 0 Å². The molecule has 0 saturated heterocycles. The summed E-state index contributed by atoms with van der Waals surface area (Å²) >= 11 is 0. The lowest BCUT2D eigenvalue weighted by Gasteiger charge is -2.19. The molecule has 0 N–H and O–H groups in total.